The Balaban J connectivity index is 3.75. The summed E-state index contributed by atoms with van der Waals surface area (Å²) < 4.78 is 0. The second kappa shape index (κ2) is 5.22. The Kier molecular flexibility index (Phi) is 5.01. The SMILES string of the molecule is CC#CCCC(C)(O)CC(C)C. The molecule has 0 aromatic carbocycles. The van der Waals surface area contributed by atoms with E-state index in [9.17, 15) is 5.11 Å². The summed E-state index contributed by atoms with van der Waals surface area (Å²) in [6.07, 6.45) is 2.45. The molecule has 0 amide bonds. The van der Waals surface area contributed by atoms with Crippen LogP contribution in [-0.2, 0) is 0 Å². The van der Waals surface area contributed by atoms with Gasteiger partial charge in [-0.25, -0.2) is 0 Å². The van der Waals surface area contributed by atoms with Gasteiger partial charge in [-0.3, -0.25) is 0 Å². The summed E-state index contributed by atoms with van der Waals surface area (Å²) in [5.41, 5.74) is -0.530. The van der Waals surface area contributed by atoms with Crippen LogP contribution >= 0.6 is 0 Å². The van der Waals surface area contributed by atoms with Crippen LogP contribution in [-0.4, -0.2) is 10.7 Å². The van der Waals surface area contributed by atoms with Crippen molar-refractivity contribution in [3.63, 3.8) is 0 Å². The van der Waals surface area contributed by atoms with Crippen LogP contribution in [0.2, 0.25) is 0 Å². The average molecular weight is 168 g/mol. The fourth-order valence-electron chi connectivity index (χ4n) is 1.44. The van der Waals surface area contributed by atoms with Crippen molar-refractivity contribution >= 4 is 0 Å². The molecular weight excluding hydrogens is 148 g/mol. The Bertz CT molecular complexity index is 169. The molecule has 1 atom stereocenters. The molecule has 0 aromatic heterocycles. The van der Waals surface area contributed by atoms with Crippen molar-refractivity contribution in [1.82, 2.24) is 0 Å². The topological polar surface area (TPSA) is 20.2 Å². The van der Waals surface area contributed by atoms with E-state index in [0.29, 0.717) is 5.92 Å². The average Bonchev–Trinajstić information content (AvgIpc) is 1.84. The lowest BCUT2D eigenvalue weighted by Crippen LogP contribution is -2.25. The van der Waals surface area contributed by atoms with Gasteiger partial charge in [0, 0.05) is 6.42 Å². The van der Waals surface area contributed by atoms with E-state index >= 15 is 0 Å². The fraction of sp³-hybridized carbons (Fsp3) is 0.818. The molecule has 0 spiro atoms. The standard InChI is InChI=1S/C11H20O/c1-5-6-7-8-11(4,12)9-10(2)3/h10,12H,7-9H2,1-4H3. The van der Waals surface area contributed by atoms with Crippen LogP contribution in [0.1, 0.15) is 47.0 Å². The van der Waals surface area contributed by atoms with Gasteiger partial charge < -0.3 is 5.11 Å². The van der Waals surface area contributed by atoms with Gasteiger partial charge in [0.1, 0.15) is 0 Å². The molecule has 1 unspecified atom stereocenters. The Morgan fingerprint density at radius 2 is 2.00 bits per heavy atom. The summed E-state index contributed by atoms with van der Waals surface area (Å²) >= 11 is 0. The maximum atomic E-state index is 9.84. The van der Waals surface area contributed by atoms with Crippen molar-refractivity contribution < 1.29 is 5.11 Å². The molecule has 1 N–H and O–H groups in total. The van der Waals surface area contributed by atoms with Gasteiger partial charge in [-0.15, -0.1) is 11.8 Å². The molecule has 0 saturated carbocycles. The molecular formula is C11H20O. The molecule has 0 heterocycles. The van der Waals surface area contributed by atoms with Crippen LogP contribution in [0.15, 0.2) is 0 Å². The molecule has 0 bridgehead atoms. The summed E-state index contributed by atoms with van der Waals surface area (Å²) in [6, 6.07) is 0. The Morgan fingerprint density at radius 3 is 2.42 bits per heavy atom. The molecule has 0 radical (unpaired) electrons. The van der Waals surface area contributed by atoms with Gasteiger partial charge in [-0.05, 0) is 32.6 Å². The highest BCUT2D eigenvalue weighted by atomic mass is 16.3. The maximum Gasteiger partial charge on any atom is 0.0631 e. The summed E-state index contributed by atoms with van der Waals surface area (Å²) in [6.45, 7) is 7.97. The van der Waals surface area contributed by atoms with E-state index in [2.05, 4.69) is 25.7 Å². The van der Waals surface area contributed by atoms with Crippen LogP contribution in [0.4, 0.5) is 0 Å². The highest BCUT2D eigenvalue weighted by molar-refractivity contribution is 4.96. The molecule has 0 saturated heterocycles. The zero-order chi connectivity index (χ0) is 9.61. The first kappa shape index (κ1) is 11.5. The molecule has 1 nitrogen and oxygen atoms in total. The first-order chi connectivity index (χ1) is 5.48. The van der Waals surface area contributed by atoms with E-state index in [4.69, 9.17) is 0 Å². The smallest absolute Gasteiger partial charge is 0.0631 e. The third-order valence-electron chi connectivity index (χ3n) is 1.81. The second-order valence-corrected chi connectivity index (χ2v) is 4.02. The van der Waals surface area contributed by atoms with Crippen LogP contribution in [0.25, 0.3) is 0 Å². The molecule has 0 aromatic rings. The first-order valence-corrected chi connectivity index (χ1v) is 4.60. The fourth-order valence-corrected chi connectivity index (χ4v) is 1.44. The lowest BCUT2D eigenvalue weighted by molar-refractivity contribution is 0.0314. The summed E-state index contributed by atoms with van der Waals surface area (Å²) in [5.74, 6) is 6.35. The molecule has 1 heteroatoms. The minimum Gasteiger partial charge on any atom is -0.390 e. The summed E-state index contributed by atoms with van der Waals surface area (Å²) in [5, 5.41) is 9.84. The van der Waals surface area contributed by atoms with Gasteiger partial charge in [0.2, 0.25) is 0 Å². The highest BCUT2D eigenvalue weighted by Gasteiger charge is 2.20. The summed E-state index contributed by atoms with van der Waals surface area (Å²) in [4.78, 5) is 0. The Hall–Kier alpha value is -0.480. The third-order valence-corrected chi connectivity index (χ3v) is 1.81. The van der Waals surface area contributed by atoms with Crippen LogP contribution in [0.3, 0.4) is 0 Å². The van der Waals surface area contributed by atoms with Gasteiger partial charge in [0.05, 0.1) is 5.60 Å². The Morgan fingerprint density at radius 1 is 1.42 bits per heavy atom. The van der Waals surface area contributed by atoms with Crippen molar-refractivity contribution in [3.8, 4) is 11.8 Å². The van der Waals surface area contributed by atoms with E-state index in [1.807, 2.05) is 13.8 Å². The normalized spacial score (nSPS) is 15.2. The van der Waals surface area contributed by atoms with Crippen molar-refractivity contribution in [2.24, 2.45) is 5.92 Å². The summed E-state index contributed by atoms with van der Waals surface area (Å²) in [7, 11) is 0. The van der Waals surface area contributed by atoms with Gasteiger partial charge >= 0.3 is 0 Å². The monoisotopic (exact) mass is 168 g/mol. The third kappa shape index (κ3) is 6.24. The Labute approximate surface area is 76.2 Å². The van der Waals surface area contributed by atoms with Gasteiger partial charge in [-0.2, -0.15) is 0 Å². The van der Waals surface area contributed by atoms with Crippen LogP contribution in [0, 0.1) is 17.8 Å². The number of rotatable bonds is 4. The molecule has 0 rings (SSSR count). The number of aliphatic hydroxyl groups is 1. The van der Waals surface area contributed by atoms with Crippen LogP contribution < -0.4 is 0 Å². The predicted octanol–water partition coefficient (Wildman–Crippen LogP) is 2.59. The molecule has 0 fully saturated rings. The van der Waals surface area contributed by atoms with E-state index in [1.54, 1.807) is 0 Å². The van der Waals surface area contributed by atoms with E-state index in [-0.39, 0.29) is 0 Å². The molecule has 70 valence electrons. The molecule has 0 aliphatic carbocycles. The molecule has 12 heavy (non-hydrogen) atoms. The number of hydrogen-bond acceptors (Lipinski definition) is 1. The zero-order valence-electron chi connectivity index (χ0n) is 8.65. The van der Waals surface area contributed by atoms with Gasteiger partial charge in [0.15, 0.2) is 0 Å². The first-order valence-electron chi connectivity index (χ1n) is 4.60. The van der Waals surface area contributed by atoms with Gasteiger partial charge in [0.25, 0.3) is 0 Å². The van der Waals surface area contributed by atoms with Crippen molar-refractivity contribution in [3.05, 3.63) is 0 Å². The zero-order valence-corrected chi connectivity index (χ0v) is 8.65. The number of hydrogen-bond donors (Lipinski definition) is 1. The predicted molar refractivity (Wildman–Crippen MR) is 52.8 cm³/mol. The van der Waals surface area contributed by atoms with Gasteiger partial charge in [-0.1, -0.05) is 13.8 Å². The second-order valence-electron chi connectivity index (χ2n) is 4.02. The lowest BCUT2D eigenvalue weighted by atomic mass is 9.90. The van der Waals surface area contributed by atoms with E-state index in [0.717, 1.165) is 19.3 Å². The molecule has 0 aliphatic rings. The van der Waals surface area contributed by atoms with E-state index < -0.39 is 5.60 Å². The molecule has 0 aliphatic heterocycles. The minimum absolute atomic E-state index is 0.530. The van der Waals surface area contributed by atoms with Crippen LogP contribution in [0.5, 0.6) is 0 Å². The quantitative estimate of drug-likeness (QED) is 0.640. The lowest BCUT2D eigenvalue weighted by Gasteiger charge is -2.24. The van der Waals surface area contributed by atoms with Crippen molar-refractivity contribution in [1.29, 1.82) is 0 Å². The van der Waals surface area contributed by atoms with Crippen molar-refractivity contribution in [2.75, 3.05) is 0 Å². The highest BCUT2D eigenvalue weighted by Crippen LogP contribution is 2.20. The van der Waals surface area contributed by atoms with E-state index in [1.165, 1.54) is 0 Å². The largest absolute Gasteiger partial charge is 0.390 e. The maximum absolute atomic E-state index is 9.84. The minimum atomic E-state index is -0.530. The van der Waals surface area contributed by atoms with Crippen molar-refractivity contribution in [2.45, 2.75) is 52.6 Å².